The molecule has 19 heavy (non-hydrogen) atoms. The highest BCUT2D eigenvalue weighted by atomic mass is 16.5. The number of morpholine rings is 1. The van der Waals surface area contributed by atoms with Gasteiger partial charge >= 0.3 is 0 Å². The van der Waals surface area contributed by atoms with E-state index in [-0.39, 0.29) is 0 Å². The van der Waals surface area contributed by atoms with Gasteiger partial charge < -0.3 is 15.0 Å². The molecule has 5 heteroatoms. The van der Waals surface area contributed by atoms with Gasteiger partial charge in [0.1, 0.15) is 0 Å². The van der Waals surface area contributed by atoms with Crippen molar-refractivity contribution >= 4 is 0 Å². The second-order valence-electron chi connectivity index (χ2n) is 5.75. The van der Waals surface area contributed by atoms with Crippen molar-refractivity contribution in [3.8, 4) is 0 Å². The molecular weight excluding hydrogens is 240 g/mol. The predicted octanol–water partition coefficient (Wildman–Crippen LogP) is 0.964. The number of aryl methyl sites for hydroxylation is 1. The normalized spacial score (nSPS) is 21.2. The fraction of sp³-hybridized carbons (Fsp3) is 0.786. The molecule has 0 saturated carbocycles. The van der Waals surface area contributed by atoms with Gasteiger partial charge in [-0.2, -0.15) is 5.10 Å². The van der Waals surface area contributed by atoms with Crippen LogP contribution in [0.3, 0.4) is 0 Å². The summed E-state index contributed by atoms with van der Waals surface area (Å²) in [5.74, 6) is 0.468. The quantitative estimate of drug-likeness (QED) is 0.862. The van der Waals surface area contributed by atoms with Gasteiger partial charge in [-0.05, 0) is 13.0 Å². The van der Waals surface area contributed by atoms with E-state index in [0.717, 1.165) is 32.8 Å². The van der Waals surface area contributed by atoms with Crippen LogP contribution in [0.25, 0.3) is 0 Å². The van der Waals surface area contributed by atoms with Crippen molar-refractivity contribution in [2.75, 3.05) is 33.3 Å². The average Bonchev–Trinajstić information content (AvgIpc) is 2.71. The lowest BCUT2D eigenvalue weighted by Gasteiger charge is -2.30. The van der Waals surface area contributed by atoms with Crippen molar-refractivity contribution in [1.82, 2.24) is 20.0 Å². The molecule has 1 unspecified atom stereocenters. The van der Waals surface area contributed by atoms with Gasteiger partial charge in [0.15, 0.2) is 0 Å². The molecule has 1 aromatic rings. The van der Waals surface area contributed by atoms with Crippen molar-refractivity contribution in [3.63, 3.8) is 0 Å². The topological polar surface area (TPSA) is 42.3 Å². The van der Waals surface area contributed by atoms with Crippen LogP contribution in [-0.4, -0.2) is 54.1 Å². The van der Waals surface area contributed by atoms with Crippen molar-refractivity contribution in [3.05, 3.63) is 17.5 Å². The summed E-state index contributed by atoms with van der Waals surface area (Å²) in [7, 11) is 4.13. The number of hydrogen-bond donors (Lipinski definition) is 1. The molecule has 2 heterocycles. The van der Waals surface area contributed by atoms with Gasteiger partial charge in [-0.25, -0.2) is 0 Å². The maximum absolute atomic E-state index is 5.74. The molecule has 1 fully saturated rings. The van der Waals surface area contributed by atoms with Crippen LogP contribution in [0.2, 0.25) is 0 Å². The SMILES string of the molecule is CC(C)c1nn(C)cc1CNCC1CN(C)CCO1. The highest BCUT2D eigenvalue weighted by molar-refractivity contribution is 5.19. The molecule has 0 aliphatic carbocycles. The Balaban J connectivity index is 1.82. The molecule has 108 valence electrons. The van der Waals surface area contributed by atoms with Crippen LogP contribution in [0.15, 0.2) is 6.20 Å². The number of nitrogens with one attached hydrogen (secondary N) is 1. The van der Waals surface area contributed by atoms with Gasteiger partial charge in [0.2, 0.25) is 0 Å². The van der Waals surface area contributed by atoms with Crippen LogP contribution in [0.4, 0.5) is 0 Å². The lowest BCUT2D eigenvalue weighted by molar-refractivity contribution is -0.0182. The predicted molar refractivity (Wildman–Crippen MR) is 76.2 cm³/mol. The van der Waals surface area contributed by atoms with E-state index < -0.39 is 0 Å². The summed E-state index contributed by atoms with van der Waals surface area (Å²) in [5, 5.41) is 8.02. The summed E-state index contributed by atoms with van der Waals surface area (Å²) in [5.41, 5.74) is 2.48. The van der Waals surface area contributed by atoms with Crippen molar-refractivity contribution < 1.29 is 4.74 Å². The second-order valence-corrected chi connectivity index (χ2v) is 5.75. The number of ether oxygens (including phenoxy) is 1. The minimum absolute atomic E-state index is 0.304. The third-order valence-corrected chi connectivity index (χ3v) is 3.51. The summed E-state index contributed by atoms with van der Waals surface area (Å²) < 4.78 is 7.64. The Hall–Kier alpha value is -0.910. The third kappa shape index (κ3) is 4.03. The molecule has 0 spiro atoms. The van der Waals surface area contributed by atoms with Crippen LogP contribution in [0.1, 0.15) is 31.0 Å². The van der Waals surface area contributed by atoms with E-state index >= 15 is 0 Å². The molecule has 1 aromatic heterocycles. The highest BCUT2D eigenvalue weighted by Gasteiger charge is 2.17. The van der Waals surface area contributed by atoms with Crippen LogP contribution in [-0.2, 0) is 18.3 Å². The number of likely N-dealkylation sites (N-methyl/N-ethyl adjacent to an activating group) is 1. The molecule has 1 atom stereocenters. The number of hydrogen-bond acceptors (Lipinski definition) is 4. The first-order chi connectivity index (χ1) is 9.06. The lowest BCUT2D eigenvalue weighted by Crippen LogP contribution is -2.44. The maximum atomic E-state index is 5.74. The third-order valence-electron chi connectivity index (χ3n) is 3.51. The van der Waals surface area contributed by atoms with Crippen LogP contribution < -0.4 is 5.32 Å². The molecule has 0 radical (unpaired) electrons. The summed E-state index contributed by atoms with van der Waals surface area (Å²) in [6.45, 7) is 9.03. The largest absolute Gasteiger partial charge is 0.374 e. The van der Waals surface area contributed by atoms with Gasteiger partial charge in [0.25, 0.3) is 0 Å². The highest BCUT2D eigenvalue weighted by Crippen LogP contribution is 2.16. The van der Waals surface area contributed by atoms with E-state index in [9.17, 15) is 0 Å². The molecule has 0 aromatic carbocycles. The number of nitrogens with zero attached hydrogens (tertiary/aromatic N) is 3. The Kier molecular flexibility index (Phi) is 4.96. The van der Waals surface area contributed by atoms with Crippen molar-refractivity contribution in [2.45, 2.75) is 32.4 Å². The smallest absolute Gasteiger partial charge is 0.0826 e. The van der Waals surface area contributed by atoms with Crippen molar-refractivity contribution in [2.24, 2.45) is 7.05 Å². The Labute approximate surface area is 115 Å². The number of aromatic nitrogens is 2. The van der Waals surface area contributed by atoms with E-state index in [4.69, 9.17) is 4.74 Å². The fourth-order valence-electron chi connectivity index (χ4n) is 2.54. The molecule has 5 nitrogen and oxygen atoms in total. The lowest BCUT2D eigenvalue weighted by atomic mass is 10.1. The zero-order valence-electron chi connectivity index (χ0n) is 12.5. The minimum atomic E-state index is 0.304. The molecule has 0 bridgehead atoms. The van der Waals surface area contributed by atoms with E-state index in [1.807, 2.05) is 11.7 Å². The van der Waals surface area contributed by atoms with Crippen LogP contribution in [0.5, 0.6) is 0 Å². The van der Waals surface area contributed by atoms with E-state index in [0.29, 0.717) is 12.0 Å². The first kappa shape index (κ1) is 14.5. The molecule has 1 N–H and O–H groups in total. The standard InChI is InChI=1S/C14H26N4O/c1-11(2)14-12(9-18(4)16-14)7-15-8-13-10-17(3)5-6-19-13/h9,11,13,15H,5-8,10H2,1-4H3. The second kappa shape index (κ2) is 6.50. The van der Waals surface area contributed by atoms with Gasteiger partial charge in [0.05, 0.1) is 18.4 Å². The first-order valence-electron chi connectivity index (χ1n) is 7.09. The summed E-state index contributed by atoms with van der Waals surface area (Å²) >= 11 is 0. The van der Waals surface area contributed by atoms with E-state index in [1.54, 1.807) is 0 Å². The van der Waals surface area contributed by atoms with Gasteiger partial charge in [0, 0.05) is 45.0 Å². The molecule has 1 aliphatic rings. The van der Waals surface area contributed by atoms with Crippen molar-refractivity contribution in [1.29, 1.82) is 0 Å². The Bertz CT molecular complexity index is 402. The van der Waals surface area contributed by atoms with E-state index in [1.165, 1.54) is 11.3 Å². The fourth-order valence-corrected chi connectivity index (χ4v) is 2.54. The molecule has 2 rings (SSSR count). The average molecular weight is 266 g/mol. The molecule has 1 saturated heterocycles. The molecule has 0 amide bonds. The summed E-state index contributed by atoms with van der Waals surface area (Å²) in [4.78, 5) is 2.32. The Morgan fingerprint density at radius 3 is 2.95 bits per heavy atom. The Morgan fingerprint density at radius 2 is 2.26 bits per heavy atom. The molecule has 1 aliphatic heterocycles. The van der Waals surface area contributed by atoms with Crippen LogP contribution in [0, 0.1) is 0 Å². The van der Waals surface area contributed by atoms with E-state index in [2.05, 4.69) is 42.4 Å². The zero-order chi connectivity index (χ0) is 13.8. The van der Waals surface area contributed by atoms with Gasteiger partial charge in [-0.15, -0.1) is 0 Å². The first-order valence-corrected chi connectivity index (χ1v) is 7.09. The zero-order valence-corrected chi connectivity index (χ0v) is 12.5. The summed E-state index contributed by atoms with van der Waals surface area (Å²) in [6.07, 6.45) is 2.41. The minimum Gasteiger partial charge on any atom is -0.374 e. The maximum Gasteiger partial charge on any atom is 0.0826 e. The molecular formula is C14H26N4O. The monoisotopic (exact) mass is 266 g/mol. The number of rotatable bonds is 5. The van der Waals surface area contributed by atoms with Gasteiger partial charge in [-0.1, -0.05) is 13.8 Å². The Morgan fingerprint density at radius 1 is 1.47 bits per heavy atom. The van der Waals surface area contributed by atoms with Gasteiger partial charge in [-0.3, -0.25) is 4.68 Å². The van der Waals surface area contributed by atoms with Crippen LogP contribution >= 0.6 is 0 Å². The summed E-state index contributed by atoms with van der Waals surface area (Å²) in [6, 6.07) is 0.